The van der Waals surface area contributed by atoms with E-state index in [-0.39, 0.29) is 16.0 Å². The Kier molecular flexibility index (Phi) is 5.99. The van der Waals surface area contributed by atoms with Crippen LogP contribution in [0.15, 0.2) is 0 Å². The molecule has 0 aliphatic carbocycles. The van der Waals surface area contributed by atoms with Crippen LogP contribution in [0.25, 0.3) is 0 Å². The lowest BCUT2D eigenvalue weighted by Crippen LogP contribution is -2.50. The summed E-state index contributed by atoms with van der Waals surface area (Å²) >= 11 is 3.91. The van der Waals surface area contributed by atoms with Gasteiger partial charge in [0.25, 0.3) is 0 Å². The summed E-state index contributed by atoms with van der Waals surface area (Å²) in [6, 6.07) is -0.643. The minimum Gasteiger partial charge on any atom is -0.383 e. The molecule has 1 amide bonds. The van der Waals surface area contributed by atoms with Gasteiger partial charge in [0.2, 0.25) is 5.91 Å². The Morgan fingerprint density at radius 1 is 1.52 bits per heavy atom. The number of carbonyl (C=O) groups is 2. The van der Waals surface area contributed by atoms with Crippen LogP contribution in [0.1, 0.15) is 26.2 Å². The molecule has 3 atom stereocenters. The number of nitrogens with one attached hydrogen (secondary N) is 1. The normalized spacial score (nSPS) is 27.7. The Bertz CT molecular complexity index is 388. The predicted molar refractivity (Wildman–Crippen MR) is 87.6 cm³/mol. The SMILES string of the molecule is CCCC(NC(=O)[C@@H]1CC2(CN1C)SCCS2)C(O)C=O. The number of hydrogen-bond acceptors (Lipinski definition) is 6. The monoisotopic (exact) mass is 332 g/mol. The maximum absolute atomic E-state index is 12.5. The molecule has 2 N–H and O–H groups in total. The highest BCUT2D eigenvalue weighted by atomic mass is 32.2. The zero-order chi connectivity index (χ0) is 15.5. The molecular formula is C14H24N2O3S2. The average molecular weight is 332 g/mol. The second-order valence-electron chi connectivity index (χ2n) is 5.77. The molecule has 2 unspecified atom stereocenters. The van der Waals surface area contributed by atoms with E-state index in [4.69, 9.17) is 0 Å². The topological polar surface area (TPSA) is 69.6 Å². The average Bonchev–Trinajstić information content (AvgIpc) is 3.04. The summed E-state index contributed by atoms with van der Waals surface area (Å²) in [5.41, 5.74) is 0. The highest BCUT2D eigenvalue weighted by Crippen LogP contribution is 2.51. The zero-order valence-electron chi connectivity index (χ0n) is 12.6. The number of hydrogen-bond donors (Lipinski definition) is 2. The number of amides is 1. The molecule has 2 fully saturated rings. The van der Waals surface area contributed by atoms with Gasteiger partial charge in [-0.15, -0.1) is 23.5 Å². The molecule has 1 spiro atoms. The molecule has 2 rings (SSSR count). The molecule has 2 aliphatic heterocycles. The molecule has 5 nitrogen and oxygen atoms in total. The standard InChI is InChI=1S/C14H24N2O3S2/c1-3-4-10(12(18)8-17)15-13(19)11-7-14(9-16(11)2)20-5-6-21-14/h8,10-12,18H,3-7,9H2,1-2H3,(H,15,19)/t10?,11-,12?/m0/s1. The highest BCUT2D eigenvalue weighted by Gasteiger charge is 2.48. The van der Waals surface area contributed by atoms with Gasteiger partial charge in [-0.2, -0.15) is 0 Å². The van der Waals surface area contributed by atoms with Crippen molar-refractivity contribution in [1.82, 2.24) is 10.2 Å². The van der Waals surface area contributed by atoms with Crippen molar-refractivity contribution in [3.63, 3.8) is 0 Å². The Morgan fingerprint density at radius 2 is 2.19 bits per heavy atom. The Balaban J connectivity index is 1.97. The number of aliphatic hydroxyl groups is 1. The number of aliphatic hydroxyl groups excluding tert-OH is 1. The summed E-state index contributed by atoms with van der Waals surface area (Å²) in [7, 11) is 1.98. The molecule has 2 aliphatic rings. The quantitative estimate of drug-likeness (QED) is 0.698. The van der Waals surface area contributed by atoms with Crippen LogP contribution in [0.4, 0.5) is 0 Å². The minimum absolute atomic E-state index is 0.0678. The molecule has 2 saturated heterocycles. The zero-order valence-corrected chi connectivity index (χ0v) is 14.2. The predicted octanol–water partition coefficient (Wildman–Crippen LogP) is 0.711. The van der Waals surface area contributed by atoms with Crippen molar-refractivity contribution in [3.05, 3.63) is 0 Å². The summed E-state index contributed by atoms with van der Waals surface area (Å²) < 4.78 is 0.153. The van der Waals surface area contributed by atoms with Gasteiger partial charge in [-0.25, -0.2) is 0 Å². The molecule has 0 aromatic rings. The summed E-state index contributed by atoms with van der Waals surface area (Å²) in [5.74, 6) is 2.23. The van der Waals surface area contributed by atoms with E-state index >= 15 is 0 Å². The van der Waals surface area contributed by atoms with E-state index in [0.717, 1.165) is 30.9 Å². The lowest BCUT2D eigenvalue weighted by Gasteiger charge is -2.24. The van der Waals surface area contributed by atoms with Gasteiger partial charge >= 0.3 is 0 Å². The van der Waals surface area contributed by atoms with Crippen molar-refractivity contribution in [1.29, 1.82) is 0 Å². The Labute approximate surface area is 134 Å². The molecular weight excluding hydrogens is 308 g/mol. The van der Waals surface area contributed by atoms with Gasteiger partial charge in [-0.05, 0) is 19.9 Å². The molecule has 0 radical (unpaired) electrons. The van der Waals surface area contributed by atoms with Crippen LogP contribution in [-0.4, -0.2) is 69.6 Å². The van der Waals surface area contributed by atoms with Crippen LogP contribution in [-0.2, 0) is 9.59 Å². The highest BCUT2D eigenvalue weighted by molar-refractivity contribution is 8.21. The van der Waals surface area contributed by atoms with Crippen molar-refractivity contribution in [2.45, 2.75) is 48.5 Å². The fourth-order valence-electron chi connectivity index (χ4n) is 3.02. The van der Waals surface area contributed by atoms with E-state index in [2.05, 4.69) is 10.2 Å². The van der Waals surface area contributed by atoms with Crippen molar-refractivity contribution >= 4 is 35.7 Å². The first-order chi connectivity index (χ1) is 10.0. The first-order valence-electron chi connectivity index (χ1n) is 7.43. The van der Waals surface area contributed by atoms with Crippen molar-refractivity contribution < 1.29 is 14.7 Å². The number of carbonyl (C=O) groups excluding carboxylic acids is 2. The molecule has 0 aromatic heterocycles. The van der Waals surface area contributed by atoms with Gasteiger partial charge in [-0.1, -0.05) is 13.3 Å². The van der Waals surface area contributed by atoms with Gasteiger partial charge < -0.3 is 15.2 Å². The van der Waals surface area contributed by atoms with Crippen LogP contribution >= 0.6 is 23.5 Å². The molecule has 7 heteroatoms. The van der Waals surface area contributed by atoms with Gasteiger partial charge in [-0.3, -0.25) is 9.69 Å². The van der Waals surface area contributed by atoms with E-state index in [1.165, 1.54) is 0 Å². The van der Waals surface area contributed by atoms with Crippen molar-refractivity contribution in [2.24, 2.45) is 0 Å². The van der Waals surface area contributed by atoms with E-state index in [1.54, 1.807) is 0 Å². The number of thioether (sulfide) groups is 2. The molecule has 120 valence electrons. The first-order valence-corrected chi connectivity index (χ1v) is 9.40. The molecule has 21 heavy (non-hydrogen) atoms. The lowest BCUT2D eigenvalue weighted by molar-refractivity contribution is -0.127. The fourth-order valence-corrected chi connectivity index (χ4v) is 6.40. The number of aldehydes is 1. The summed E-state index contributed by atoms with van der Waals surface area (Å²) in [5, 5.41) is 12.6. The van der Waals surface area contributed by atoms with Crippen molar-refractivity contribution in [3.8, 4) is 0 Å². The number of likely N-dealkylation sites (N-methyl/N-ethyl adjacent to an activating group) is 1. The fraction of sp³-hybridized carbons (Fsp3) is 0.857. The lowest BCUT2D eigenvalue weighted by atomic mass is 10.1. The maximum Gasteiger partial charge on any atom is 0.237 e. The van der Waals surface area contributed by atoms with E-state index in [0.29, 0.717) is 12.7 Å². The third-order valence-electron chi connectivity index (χ3n) is 4.12. The third-order valence-corrected chi connectivity index (χ3v) is 7.55. The van der Waals surface area contributed by atoms with Crippen LogP contribution in [0.3, 0.4) is 0 Å². The third kappa shape index (κ3) is 3.94. The Hall–Kier alpha value is -0.240. The van der Waals surface area contributed by atoms with E-state index in [1.807, 2.05) is 37.5 Å². The van der Waals surface area contributed by atoms with Gasteiger partial charge in [0, 0.05) is 18.1 Å². The summed E-state index contributed by atoms with van der Waals surface area (Å²) in [6.07, 6.45) is 1.64. The Morgan fingerprint density at radius 3 is 2.76 bits per heavy atom. The van der Waals surface area contributed by atoms with Crippen LogP contribution < -0.4 is 5.32 Å². The van der Waals surface area contributed by atoms with E-state index < -0.39 is 12.1 Å². The maximum atomic E-state index is 12.5. The van der Waals surface area contributed by atoms with Gasteiger partial charge in [0.15, 0.2) is 6.29 Å². The van der Waals surface area contributed by atoms with Gasteiger partial charge in [0.05, 0.1) is 16.2 Å². The largest absolute Gasteiger partial charge is 0.383 e. The summed E-state index contributed by atoms with van der Waals surface area (Å²) in [4.78, 5) is 25.4. The number of likely N-dealkylation sites (tertiary alicyclic amines) is 1. The van der Waals surface area contributed by atoms with Crippen LogP contribution in [0.2, 0.25) is 0 Å². The minimum atomic E-state index is -1.12. The molecule has 0 bridgehead atoms. The molecule has 2 heterocycles. The van der Waals surface area contributed by atoms with Gasteiger partial charge in [0.1, 0.15) is 6.10 Å². The second kappa shape index (κ2) is 7.35. The van der Waals surface area contributed by atoms with Crippen LogP contribution in [0, 0.1) is 0 Å². The first kappa shape index (κ1) is 17.1. The number of nitrogens with zero attached hydrogens (tertiary/aromatic N) is 1. The van der Waals surface area contributed by atoms with Crippen LogP contribution in [0.5, 0.6) is 0 Å². The van der Waals surface area contributed by atoms with E-state index in [9.17, 15) is 14.7 Å². The van der Waals surface area contributed by atoms with Crippen molar-refractivity contribution in [2.75, 3.05) is 25.1 Å². The molecule has 0 saturated carbocycles. The second-order valence-corrected chi connectivity index (χ2v) is 8.99. The summed E-state index contributed by atoms with van der Waals surface area (Å²) in [6.45, 7) is 2.88. The smallest absolute Gasteiger partial charge is 0.237 e. The number of rotatable bonds is 6. The molecule has 0 aromatic carbocycles.